The van der Waals surface area contributed by atoms with Gasteiger partial charge >= 0.3 is 5.97 Å². The molecule has 0 spiro atoms. The van der Waals surface area contributed by atoms with Crippen LogP contribution in [0.5, 0.6) is 0 Å². The van der Waals surface area contributed by atoms with Crippen LogP contribution in [0, 0.1) is 12.8 Å². The van der Waals surface area contributed by atoms with E-state index in [1.54, 1.807) is 0 Å². The van der Waals surface area contributed by atoms with Crippen LogP contribution in [0.25, 0.3) is 10.2 Å². The first-order valence-electron chi connectivity index (χ1n) is 7.39. The molecular formula is C15H22N4O2S. The minimum atomic E-state index is -0.290. The van der Waals surface area contributed by atoms with Crippen molar-refractivity contribution in [1.82, 2.24) is 9.97 Å². The van der Waals surface area contributed by atoms with Crippen molar-refractivity contribution in [2.45, 2.75) is 27.2 Å². The van der Waals surface area contributed by atoms with Gasteiger partial charge in [0.1, 0.15) is 21.9 Å². The SMILES string of the molecule is Cc1c(C(=O)OCC(C)C)sc2ncnc(NCCCN)c12. The molecule has 0 aliphatic rings. The predicted molar refractivity (Wildman–Crippen MR) is 89.4 cm³/mol. The van der Waals surface area contributed by atoms with Crippen LogP contribution in [0.15, 0.2) is 6.33 Å². The summed E-state index contributed by atoms with van der Waals surface area (Å²) in [7, 11) is 0. The van der Waals surface area contributed by atoms with Crippen LogP contribution >= 0.6 is 11.3 Å². The van der Waals surface area contributed by atoms with Crippen LogP contribution in [-0.2, 0) is 4.74 Å². The lowest BCUT2D eigenvalue weighted by Crippen LogP contribution is -2.10. The summed E-state index contributed by atoms with van der Waals surface area (Å²) in [6, 6.07) is 0. The summed E-state index contributed by atoms with van der Waals surface area (Å²) < 4.78 is 5.32. The Balaban J connectivity index is 2.28. The minimum Gasteiger partial charge on any atom is -0.461 e. The second kappa shape index (κ2) is 7.51. The first-order valence-corrected chi connectivity index (χ1v) is 8.21. The molecule has 0 amide bonds. The molecule has 3 N–H and O–H groups in total. The summed E-state index contributed by atoms with van der Waals surface area (Å²) in [5, 5.41) is 4.15. The highest BCUT2D eigenvalue weighted by atomic mass is 32.1. The topological polar surface area (TPSA) is 90.1 Å². The quantitative estimate of drug-likeness (QED) is 0.601. The highest BCUT2D eigenvalue weighted by Gasteiger charge is 2.20. The lowest BCUT2D eigenvalue weighted by atomic mass is 10.2. The number of nitrogens with two attached hydrogens (primary N) is 1. The fourth-order valence-corrected chi connectivity index (χ4v) is 3.06. The molecule has 0 saturated heterocycles. The minimum absolute atomic E-state index is 0.290. The van der Waals surface area contributed by atoms with Gasteiger partial charge < -0.3 is 15.8 Å². The molecule has 2 aromatic heterocycles. The summed E-state index contributed by atoms with van der Waals surface area (Å²) in [6.45, 7) is 7.70. The predicted octanol–water partition coefficient (Wildman–Crippen LogP) is 2.57. The van der Waals surface area contributed by atoms with Crippen LogP contribution in [0.4, 0.5) is 5.82 Å². The summed E-state index contributed by atoms with van der Waals surface area (Å²) in [5.41, 5.74) is 6.37. The molecule has 7 heteroatoms. The monoisotopic (exact) mass is 322 g/mol. The van der Waals surface area contributed by atoms with Crippen molar-refractivity contribution in [3.63, 3.8) is 0 Å². The first-order chi connectivity index (χ1) is 10.5. The third-order valence-corrected chi connectivity index (χ3v) is 4.31. The molecule has 0 radical (unpaired) electrons. The summed E-state index contributed by atoms with van der Waals surface area (Å²) >= 11 is 1.35. The Labute approximate surface area is 134 Å². The van der Waals surface area contributed by atoms with E-state index in [0.717, 1.165) is 34.6 Å². The highest BCUT2D eigenvalue weighted by Crippen LogP contribution is 2.33. The number of aromatic nitrogens is 2. The molecule has 2 rings (SSSR count). The number of carbonyl (C=O) groups excluding carboxylic acids is 1. The van der Waals surface area contributed by atoms with E-state index >= 15 is 0 Å². The van der Waals surface area contributed by atoms with Crippen molar-refractivity contribution < 1.29 is 9.53 Å². The Morgan fingerprint density at radius 3 is 2.91 bits per heavy atom. The van der Waals surface area contributed by atoms with Gasteiger partial charge in [-0.2, -0.15) is 0 Å². The van der Waals surface area contributed by atoms with Gasteiger partial charge in [0.15, 0.2) is 0 Å². The van der Waals surface area contributed by atoms with Crippen molar-refractivity contribution in [3.05, 3.63) is 16.8 Å². The van der Waals surface area contributed by atoms with E-state index in [1.807, 2.05) is 20.8 Å². The van der Waals surface area contributed by atoms with Crippen molar-refractivity contribution in [1.29, 1.82) is 0 Å². The molecule has 6 nitrogen and oxygen atoms in total. The Morgan fingerprint density at radius 2 is 2.23 bits per heavy atom. The number of ether oxygens (including phenoxy) is 1. The number of hydrogen-bond donors (Lipinski definition) is 2. The van der Waals surface area contributed by atoms with Gasteiger partial charge in [0, 0.05) is 6.54 Å². The normalized spacial score (nSPS) is 11.1. The zero-order chi connectivity index (χ0) is 16.1. The van der Waals surface area contributed by atoms with Crippen molar-refractivity contribution in [2.24, 2.45) is 11.7 Å². The van der Waals surface area contributed by atoms with E-state index in [1.165, 1.54) is 17.7 Å². The third kappa shape index (κ3) is 3.72. The first kappa shape index (κ1) is 16.6. The Kier molecular flexibility index (Phi) is 5.68. The van der Waals surface area contributed by atoms with Gasteiger partial charge in [0.2, 0.25) is 0 Å². The van der Waals surface area contributed by atoms with Gasteiger partial charge in [0.25, 0.3) is 0 Å². The second-order valence-corrected chi connectivity index (χ2v) is 6.52. The maximum Gasteiger partial charge on any atom is 0.348 e. The molecule has 0 aliphatic carbocycles. The molecule has 22 heavy (non-hydrogen) atoms. The van der Waals surface area contributed by atoms with Gasteiger partial charge in [-0.25, -0.2) is 14.8 Å². The van der Waals surface area contributed by atoms with Crippen molar-refractivity contribution >= 4 is 33.3 Å². The fourth-order valence-electron chi connectivity index (χ4n) is 2.02. The summed E-state index contributed by atoms with van der Waals surface area (Å²) in [4.78, 5) is 22.1. The molecule has 0 bridgehead atoms. The van der Waals surface area contributed by atoms with E-state index in [-0.39, 0.29) is 5.97 Å². The average Bonchev–Trinajstić information content (AvgIpc) is 2.83. The molecule has 0 fully saturated rings. The van der Waals surface area contributed by atoms with Crippen molar-refractivity contribution in [3.8, 4) is 0 Å². The zero-order valence-electron chi connectivity index (χ0n) is 13.2. The number of thiophene rings is 1. The maximum absolute atomic E-state index is 12.2. The summed E-state index contributed by atoms with van der Waals surface area (Å²) in [5.74, 6) is 0.768. The van der Waals surface area contributed by atoms with Gasteiger partial charge in [-0.05, 0) is 31.4 Å². The molecule has 2 heterocycles. The number of hydrogen-bond acceptors (Lipinski definition) is 7. The fraction of sp³-hybridized carbons (Fsp3) is 0.533. The molecule has 0 aromatic carbocycles. The number of nitrogens with one attached hydrogen (secondary N) is 1. The van der Waals surface area contributed by atoms with Crippen LogP contribution in [0.2, 0.25) is 0 Å². The number of anilines is 1. The van der Waals surface area contributed by atoms with E-state index in [4.69, 9.17) is 10.5 Å². The van der Waals surface area contributed by atoms with Gasteiger partial charge in [-0.15, -0.1) is 11.3 Å². The molecule has 0 unspecified atom stereocenters. The highest BCUT2D eigenvalue weighted by molar-refractivity contribution is 7.20. The number of nitrogens with zero attached hydrogens (tertiary/aromatic N) is 2. The van der Waals surface area contributed by atoms with Crippen LogP contribution in [-0.4, -0.2) is 35.6 Å². The maximum atomic E-state index is 12.2. The van der Waals surface area contributed by atoms with Crippen LogP contribution < -0.4 is 11.1 Å². The number of esters is 1. The molecule has 0 atom stereocenters. The van der Waals surface area contributed by atoms with E-state index in [0.29, 0.717) is 23.9 Å². The average molecular weight is 322 g/mol. The van der Waals surface area contributed by atoms with Gasteiger partial charge in [-0.3, -0.25) is 0 Å². The van der Waals surface area contributed by atoms with E-state index in [9.17, 15) is 4.79 Å². The lowest BCUT2D eigenvalue weighted by molar-refractivity contribution is 0.0464. The Morgan fingerprint density at radius 1 is 1.45 bits per heavy atom. The number of fused-ring (bicyclic) bond motifs is 1. The smallest absolute Gasteiger partial charge is 0.348 e. The molecule has 0 saturated carbocycles. The molecular weight excluding hydrogens is 300 g/mol. The van der Waals surface area contributed by atoms with E-state index in [2.05, 4.69) is 15.3 Å². The standard InChI is InChI=1S/C15H22N4O2S/c1-9(2)7-21-15(20)12-10(3)11-13(17-6-4-5-16)18-8-19-14(11)22-12/h8-9H,4-7,16H2,1-3H3,(H,17,18,19). The molecule has 0 aliphatic heterocycles. The number of rotatable bonds is 7. The lowest BCUT2D eigenvalue weighted by Gasteiger charge is -2.07. The molecule has 2 aromatic rings. The molecule has 120 valence electrons. The van der Waals surface area contributed by atoms with Crippen LogP contribution in [0.1, 0.15) is 35.5 Å². The third-order valence-electron chi connectivity index (χ3n) is 3.13. The summed E-state index contributed by atoms with van der Waals surface area (Å²) in [6.07, 6.45) is 2.37. The Hall–Kier alpha value is -1.73. The largest absolute Gasteiger partial charge is 0.461 e. The zero-order valence-corrected chi connectivity index (χ0v) is 14.0. The Bertz CT molecular complexity index is 654. The number of aryl methyl sites for hydroxylation is 1. The van der Waals surface area contributed by atoms with Gasteiger partial charge in [0.05, 0.1) is 12.0 Å². The second-order valence-electron chi connectivity index (χ2n) is 5.52. The number of carbonyl (C=O) groups is 1. The van der Waals surface area contributed by atoms with Crippen LogP contribution in [0.3, 0.4) is 0 Å². The van der Waals surface area contributed by atoms with Crippen molar-refractivity contribution in [2.75, 3.05) is 25.0 Å². The van der Waals surface area contributed by atoms with Gasteiger partial charge in [-0.1, -0.05) is 13.8 Å². The van der Waals surface area contributed by atoms with E-state index < -0.39 is 0 Å².